The molecule has 1 aliphatic rings. The van der Waals surface area contributed by atoms with Crippen LogP contribution in [0.5, 0.6) is 11.5 Å². The van der Waals surface area contributed by atoms with E-state index in [1.165, 1.54) is 16.7 Å². The average molecular weight is 222 g/mol. The Morgan fingerprint density at radius 1 is 1.06 bits per heavy atom. The molecule has 2 aromatic rings. The van der Waals surface area contributed by atoms with Crippen LogP contribution in [0.25, 0.3) is 5.57 Å². The van der Waals surface area contributed by atoms with E-state index in [1.54, 1.807) is 0 Å². The quantitative estimate of drug-likeness (QED) is 0.592. The van der Waals surface area contributed by atoms with Gasteiger partial charge < -0.3 is 4.74 Å². The van der Waals surface area contributed by atoms with Gasteiger partial charge in [-0.3, -0.25) is 0 Å². The lowest BCUT2D eigenvalue weighted by Gasteiger charge is -2.20. The number of hydrogen-bond acceptors (Lipinski definition) is 1. The van der Waals surface area contributed by atoms with Crippen LogP contribution in [0.15, 0.2) is 49.0 Å². The molecule has 1 aliphatic heterocycles. The highest BCUT2D eigenvalue weighted by atomic mass is 16.5. The monoisotopic (exact) mass is 222 g/mol. The van der Waals surface area contributed by atoms with Gasteiger partial charge in [-0.05, 0) is 41.8 Å². The maximum atomic E-state index is 5.88. The average Bonchev–Trinajstić information content (AvgIpc) is 2.35. The van der Waals surface area contributed by atoms with Gasteiger partial charge in [-0.25, -0.2) is 0 Å². The molecule has 0 saturated heterocycles. The zero-order valence-corrected chi connectivity index (χ0v) is 9.86. The molecule has 0 bridgehead atoms. The van der Waals surface area contributed by atoms with Gasteiger partial charge in [-0.15, -0.1) is 0 Å². The predicted molar refractivity (Wildman–Crippen MR) is 70.5 cm³/mol. The molecule has 0 unspecified atom stereocenters. The highest BCUT2D eigenvalue weighted by molar-refractivity contribution is 5.64. The zero-order chi connectivity index (χ0) is 11.8. The molecule has 1 nitrogen and oxygen atoms in total. The second-order valence-corrected chi connectivity index (χ2v) is 4.49. The molecule has 0 amide bonds. The molecule has 0 aliphatic carbocycles. The first-order valence-electron chi connectivity index (χ1n) is 5.78. The molecule has 1 heteroatoms. The standard InChI is InChI=1S/C16H14O/c1-11(2)12-7-8-16-14(9-12)10-13-5-3-4-6-15(13)17-16/h3-9H,1,10H2,2H3. The van der Waals surface area contributed by atoms with E-state index in [4.69, 9.17) is 4.74 Å². The Morgan fingerprint density at radius 3 is 2.65 bits per heavy atom. The second kappa shape index (κ2) is 3.77. The second-order valence-electron chi connectivity index (χ2n) is 4.49. The molecule has 3 rings (SSSR count). The molecule has 0 saturated carbocycles. The fraction of sp³-hybridized carbons (Fsp3) is 0.125. The summed E-state index contributed by atoms with van der Waals surface area (Å²) in [6, 6.07) is 14.5. The minimum absolute atomic E-state index is 0.937. The van der Waals surface area contributed by atoms with Crippen LogP contribution >= 0.6 is 0 Å². The van der Waals surface area contributed by atoms with Crippen molar-refractivity contribution in [2.24, 2.45) is 0 Å². The van der Waals surface area contributed by atoms with E-state index in [2.05, 4.69) is 30.8 Å². The smallest absolute Gasteiger partial charge is 0.131 e. The molecule has 0 fully saturated rings. The number of hydrogen-bond donors (Lipinski definition) is 0. The van der Waals surface area contributed by atoms with Crippen LogP contribution in [0.3, 0.4) is 0 Å². The molecule has 0 radical (unpaired) electrons. The fourth-order valence-corrected chi connectivity index (χ4v) is 2.16. The van der Waals surface area contributed by atoms with Crippen molar-refractivity contribution in [1.29, 1.82) is 0 Å². The summed E-state index contributed by atoms with van der Waals surface area (Å²) in [5, 5.41) is 0. The predicted octanol–water partition coefficient (Wildman–Crippen LogP) is 4.42. The third-order valence-corrected chi connectivity index (χ3v) is 3.13. The van der Waals surface area contributed by atoms with Crippen LogP contribution < -0.4 is 4.74 Å². The maximum Gasteiger partial charge on any atom is 0.131 e. The highest BCUT2D eigenvalue weighted by Crippen LogP contribution is 2.37. The van der Waals surface area contributed by atoms with Gasteiger partial charge in [0.25, 0.3) is 0 Å². The van der Waals surface area contributed by atoms with Crippen LogP contribution in [-0.2, 0) is 6.42 Å². The summed E-state index contributed by atoms with van der Waals surface area (Å²) in [6.07, 6.45) is 0.937. The van der Waals surface area contributed by atoms with Gasteiger partial charge in [0.15, 0.2) is 0 Å². The summed E-state index contributed by atoms with van der Waals surface area (Å²) in [5.41, 5.74) is 4.77. The Morgan fingerprint density at radius 2 is 1.82 bits per heavy atom. The topological polar surface area (TPSA) is 9.23 Å². The summed E-state index contributed by atoms with van der Waals surface area (Å²) >= 11 is 0. The Balaban J connectivity index is 2.06. The van der Waals surface area contributed by atoms with Crippen LogP contribution in [-0.4, -0.2) is 0 Å². The molecule has 0 N–H and O–H groups in total. The third-order valence-electron chi connectivity index (χ3n) is 3.13. The van der Waals surface area contributed by atoms with Crippen LogP contribution in [0.2, 0.25) is 0 Å². The molecule has 2 aromatic carbocycles. The molecule has 0 aromatic heterocycles. The number of ether oxygens (including phenoxy) is 1. The molecular formula is C16H14O. The largest absolute Gasteiger partial charge is 0.457 e. The van der Waals surface area contributed by atoms with Crippen molar-refractivity contribution in [1.82, 2.24) is 0 Å². The van der Waals surface area contributed by atoms with Crippen LogP contribution in [0.4, 0.5) is 0 Å². The first kappa shape index (κ1) is 10.2. The molecular weight excluding hydrogens is 208 g/mol. The number of fused-ring (bicyclic) bond motifs is 2. The Bertz CT molecular complexity index is 596. The number of benzene rings is 2. The number of allylic oxidation sites excluding steroid dienone is 1. The normalized spacial score (nSPS) is 12.3. The Kier molecular flexibility index (Phi) is 2.25. The van der Waals surface area contributed by atoms with Crippen molar-refractivity contribution in [3.63, 3.8) is 0 Å². The van der Waals surface area contributed by atoms with Gasteiger partial charge in [0.2, 0.25) is 0 Å². The van der Waals surface area contributed by atoms with E-state index in [1.807, 2.05) is 25.1 Å². The Labute approximate surface area is 101 Å². The maximum absolute atomic E-state index is 5.88. The summed E-state index contributed by atoms with van der Waals surface area (Å²) in [7, 11) is 0. The van der Waals surface area contributed by atoms with E-state index in [-0.39, 0.29) is 0 Å². The van der Waals surface area contributed by atoms with E-state index in [9.17, 15) is 0 Å². The first-order valence-corrected chi connectivity index (χ1v) is 5.78. The van der Waals surface area contributed by atoms with Gasteiger partial charge >= 0.3 is 0 Å². The minimum Gasteiger partial charge on any atom is -0.457 e. The molecule has 0 spiro atoms. The first-order chi connectivity index (χ1) is 8.24. The molecule has 84 valence electrons. The lowest BCUT2D eigenvalue weighted by Crippen LogP contribution is -2.03. The van der Waals surface area contributed by atoms with Crippen LogP contribution in [0.1, 0.15) is 23.6 Å². The highest BCUT2D eigenvalue weighted by Gasteiger charge is 2.16. The zero-order valence-electron chi connectivity index (χ0n) is 9.86. The number of para-hydroxylation sites is 1. The fourth-order valence-electron chi connectivity index (χ4n) is 2.16. The van der Waals surface area contributed by atoms with E-state index >= 15 is 0 Å². The number of rotatable bonds is 1. The summed E-state index contributed by atoms with van der Waals surface area (Å²) in [4.78, 5) is 0. The summed E-state index contributed by atoms with van der Waals surface area (Å²) in [5.74, 6) is 1.94. The van der Waals surface area contributed by atoms with Crippen molar-refractivity contribution in [2.75, 3.05) is 0 Å². The molecule has 1 heterocycles. The van der Waals surface area contributed by atoms with Gasteiger partial charge in [0.1, 0.15) is 11.5 Å². The molecule has 0 atom stereocenters. The van der Waals surface area contributed by atoms with Crippen LogP contribution in [0, 0.1) is 0 Å². The SMILES string of the molecule is C=C(C)c1ccc2c(c1)Cc1ccccc1O2. The summed E-state index contributed by atoms with van der Waals surface area (Å²) < 4.78 is 5.88. The lowest BCUT2D eigenvalue weighted by atomic mass is 9.97. The van der Waals surface area contributed by atoms with E-state index in [0.29, 0.717) is 0 Å². The summed E-state index contributed by atoms with van der Waals surface area (Å²) in [6.45, 7) is 6.00. The lowest BCUT2D eigenvalue weighted by molar-refractivity contribution is 0.460. The van der Waals surface area contributed by atoms with E-state index < -0.39 is 0 Å². The van der Waals surface area contributed by atoms with Crippen molar-refractivity contribution < 1.29 is 4.74 Å². The van der Waals surface area contributed by atoms with E-state index in [0.717, 1.165) is 23.5 Å². The molecule has 17 heavy (non-hydrogen) atoms. The van der Waals surface area contributed by atoms with Gasteiger partial charge in [0, 0.05) is 6.42 Å². The third kappa shape index (κ3) is 1.74. The Hall–Kier alpha value is -2.02. The van der Waals surface area contributed by atoms with Crippen molar-refractivity contribution in [2.45, 2.75) is 13.3 Å². The van der Waals surface area contributed by atoms with Crippen molar-refractivity contribution in [3.8, 4) is 11.5 Å². The van der Waals surface area contributed by atoms with Gasteiger partial charge in [-0.1, -0.05) is 36.4 Å². The van der Waals surface area contributed by atoms with Gasteiger partial charge in [0.05, 0.1) is 0 Å². The van der Waals surface area contributed by atoms with Crippen molar-refractivity contribution in [3.05, 3.63) is 65.7 Å². The van der Waals surface area contributed by atoms with Crippen molar-refractivity contribution >= 4 is 5.57 Å². The minimum atomic E-state index is 0.937. The van der Waals surface area contributed by atoms with Gasteiger partial charge in [-0.2, -0.15) is 0 Å².